The summed E-state index contributed by atoms with van der Waals surface area (Å²) in [4.78, 5) is 29.6. The summed E-state index contributed by atoms with van der Waals surface area (Å²) in [5, 5.41) is 3.34. The molecule has 0 saturated carbocycles. The SMILES string of the molecule is CCOC(CNC(=O)C(Cc1ccccc1)n1c(=S)[nH]c2ccccc2c1=O)OCC. The molecule has 0 aliphatic heterocycles. The van der Waals surface area contributed by atoms with Crippen molar-refractivity contribution in [1.29, 1.82) is 0 Å². The first-order valence-corrected chi connectivity index (χ1v) is 10.7. The van der Waals surface area contributed by atoms with Crippen LogP contribution < -0.4 is 10.9 Å². The van der Waals surface area contributed by atoms with Crippen molar-refractivity contribution in [2.75, 3.05) is 19.8 Å². The second-order valence-electron chi connectivity index (χ2n) is 6.94. The number of ether oxygens (including phenoxy) is 2. The number of amides is 1. The minimum absolute atomic E-state index is 0.171. The summed E-state index contributed by atoms with van der Waals surface area (Å²) in [5.74, 6) is -0.329. The van der Waals surface area contributed by atoms with Gasteiger partial charge in [0, 0.05) is 19.6 Å². The molecule has 1 unspecified atom stereocenters. The van der Waals surface area contributed by atoms with Gasteiger partial charge in [-0.25, -0.2) is 0 Å². The lowest BCUT2D eigenvalue weighted by Gasteiger charge is -2.22. The number of fused-ring (bicyclic) bond motifs is 1. The molecule has 1 amide bonds. The highest BCUT2D eigenvalue weighted by molar-refractivity contribution is 7.71. The third kappa shape index (κ3) is 5.66. The average molecular weight is 442 g/mol. The van der Waals surface area contributed by atoms with Crippen LogP contribution in [-0.2, 0) is 20.7 Å². The van der Waals surface area contributed by atoms with E-state index in [-0.39, 0.29) is 22.8 Å². The van der Waals surface area contributed by atoms with Crippen molar-refractivity contribution in [2.45, 2.75) is 32.6 Å². The molecule has 1 atom stereocenters. The number of rotatable bonds is 10. The van der Waals surface area contributed by atoms with E-state index in [9.17, 15) is 9.59 Å². The molecule has 1 heterocycles. The molecular weight excluding hydrogens is 414 g/mol. The Labute approximate surface area is 186 Å². The fraction of sp³-hybridized carbons (Fsp3) is 0.348. The molecule has 0 aliphatic carbocycles. The lowest BCUT2D eigenvalue weighted by atomic mass is 10.0. The maximum absolute atomic E-state index is 13.3. The van der Waals surface area contributed by atoms with Gasteiger partial charge in [-0.1, -0.05) is 42.5 Å². The number of nitrogens with zero attached hydrogens (tertiary/aromatic N) is 1. The van der Waals surface area contributed by atoms with Crippen LogP contribution in [0.5, 0.6) is 0 Å². The van der Waals surface area contributed by atoms with E-state index in [1.807, 2.05) is 50.2 Å². The minimum Gasteiger partial charge on any atom is -0.351 e. The van der Waals surface area contributed by atoms with Gasteiger partial charge in [-0.05, 0) is 43.8 Å². The highest BCUT2D eigenvalue weighted by Gasteiger charge is 2.25. The molecule has 8 heteroatoms. The fourth-order valence-electron chi connectivity index (χ4n) is 3.44. The molecule has 164 valence electrons. The quantitative estimate of drug-likeness (QED) is 0.372. The number of carbonyl (C=O) groups excluding carboxylic acids is 1. The molecule has 2 N–H and O–H groups in total. The summed E-state index contributed by atoms with van der Waals surface area (Å²) in [5.41, 5.74) is 1.25. The lowest BCUT2D eigenvalue weighted by Crippen LogP contribution is -2.42. The number of benzene rings is 2. The minimum atomic E-state index is -0.827. The fourth-order valence-corrected chi connectivity index (χ4v) is 3.76. The van der Waals surface area contributed by atoms with Crippen LogP contribution in [0.25, 0.3) is 10.9 Å². The molecule has 3 aromatic rings. The van der Waals surface area contributed by atoms with Crippen LogP contribution in [0.3, 0.4) is 0 Å². The lowest BCUT2D eigenvalue weighted by molar-refractivity contribution is -0.142. The molecule has 0 saturated heterocycles. The van der Waals surface area contributed by atoms with E-state index in [0.717, 1.165) is 5.56 Å². The Bertz CT molecular complexity index is 1120. The maximum Gasteiger partial charge on any atom is 0.262 e. The number of hydrogen-bond acceptors (Lipinski definition) is 5. The second kappa shape index (κ2) is 11.0. The third-order valence-corrected chi connectivity index (χ3v) is 5.17. The van der Waals surface area contributed by atoms with Crippen LogP contribution in [0, 0.1) is 4.77 Å². The van der Waals surface area contributed by atoms with Gasteiger partial charge in [0.1, 0.15) is 6.04 Å². The standard InChI is InChI=1S/C23H27N3O4S/c1-3-29-20(30-4-2)15-24-21(27)19(14-16-10-6-5-7-11-16)26-22(28)17-12-8-9-13-18(17)25-23(26)31/h5-13,19-20H,3-4,14-15H2,1-2H3,(H,24,27)(H,25,31). The number of carbonyl (C=O) groups is 1. The van der Waals surface area contributed by atoms with E-state index < -0.39 is 12.3 Å². The molecule has 0 bridgehead atoms. The first kappa shape index (κ1) is 22.9. The van der Waals surface area contributed by atoms with Gasteiger partial charge in [0.05, 0.1) is 17.4 Å². The highest BCUT2D eigenvalue weighted by Crippen LogP contribution is 2.16. The van der Waals surface area contributed by atoms with Crippen molar-refractivity contribution in [3.8, 4) is 0 Å². The summed E-state index contributed by atoms with van der Waals surface area (Å²) < 4.78 is 12.6. The second-order valence-corrected chi connectivity index (χ2v) is 7.33. The van der Waals surface area contributed by atoms with E-state index in [2.05, 4.69) is 10.3 Å². The zero-order valence-corrected chi connectivity index (χ0v) is 18.5. The third-order valence-electron chi connectivity index (χ3n) is 4.87. The maximum atomic E-state index is 13.3. The number of aromatic nitrogens is 2. The van der Waals surface area contributed by atoms with E-state index >= 15 is 0 Å². The first-order valence-electron chi connectivity index (χ1n) is 10.3. The molecule has 0 aliphatic rings. The Morgan fingerprint density at radius 3 is 2.39 bits per heavy atom. The van der Waals surface area contributed by atoms with Gasteiger partial charge in [0.2, 0.25) is 5.91 Å². The van der Waals surface area contributed by atoms with Crippen molar-refractivity contribution in [3.05, 3.63) is 75.3 Å². The van der Waals surface area contributed by atoms with Gasteiger partial charge < -0.3 is 19.8 Å². The van der Waals surface area contributed by atoms with Crippen molar-refractivity contribution < 1.29 is 14.3 Å². The zero-order chi connectivity index (χ0) is 22.2. The van der Waals surface area contributed by atoms with Gasteiger partial charge in [-0.3, -0.25) is 14.2 Å². The number of aromatic amines is 1. The van der Waals surface area contributed by atoms with Crippen LogP contribution in [0.4, 0.5) is 0 Å². The Balaban J connectivity index is 1.97. The van der Waals surface area contributed by atoms with Crippen molar-refractivity contribution >= 4 is 29.0 Å². The van der Waals surface area contributed by atoms with E-state index in [4.69, 9.17) is 21.7 Å². The van der Waals surface area contributed by atoms with Gasteiger partial charge in [-0.2, -0.15) is 0 Å². The predicted molar refractivity (Wildman–Crippen MR) is 123 cm³/mol. The van der Waals surface area contributed by atoms with Crippen molar-refractivity contribution in [2.24, 2.45) is 0 Å². The highest BCUT2D eigenvalue weighted by atomic mass is 32.1. The smallest absolute Gasteiger partial charge is 0.262 e. The molecule has 0 spiro atoms. The van der Waals surface area contributed by atoms with Crippen molar-refractivity contribution in [1.82, 2.24) is 14.9 Å². The van der Waals surface area contributed by atoms with Gasteiger partial charge in [-0.15, -0.1) is 0 Å². The van der Waals surface area contributed by atoms with Crippen molar-refractivity contribution in [3.63, 3.8) is 0 Å². The number of para-hydroxylation sites is 1. The summed E-state index contributed by atoms with van der Waals surface area (Å²) in [6.07, 6.45) is -0.240. The van der Waals surface area contributed by atoms with Crippen LogP contribution in [0.15, 0.2) is 59.4 Å². The normalized spacial score (nSPS) is 12.2. The predicted octanol–water partition coefficient (Wildman–Crippen LogP) is 3.36. The molecule has 1 aromatic heterocycles. The number of nitrogens with one attached hydrogen (secondary N) is 2. The average Bonchev–Trinajstić information content (AvgIpc) is 2.77. The Hall–Kier alpha value is -2.81. The first-order chi connectivity index (χ1) is 15.0. The summed E-state index contributed by atoms with van der Waals surface area (Å²) in [6, 6.07) is 15.8. The van der Waals surface area contributed by atoms with E-state index in [0.29, 0.717) is 30.5 Å². The van der Waals surface area contributed by atoms with Gasteiger partial charge in [0.25, 0.3) is 5.56 Å². The molecule has 31 heavy (non-hydrogen) atoms. The Morgan fingerprint density at radius 2 is 1.71 bits per heavy atom. The molecule has 0 fully saturated rings. The number of H-pyrrole nitrogens is 1. The van der Waals surface area contributed by atoms with Crippen LogP contribution in [0.1, 0.15) is 25.5 Å². The van der Waals surface area contributed by atoms with Crippen LogP contribution in [0.2, 0.25) is 0 Å². The van der Waals surface area contributed by atoms with Crippen LogP contribution >= 0.6 is 12.2 Å². The van der Waals surface area contributed by atoms with E-state index in [1.54, 1.807) is 18.2 Å². The summed E-state index contributed by atoms with van der Waals surface area (Å²) in [7, 11) is 0. The molecule has 7 nitrogen and oxygen atoms in total. The largest absolute Gasteiger partial charge is 0.351 e. The number of hydrogen-bond donors (Lipinski definition) is 2. The monoisotopic (exact) mass is 441 g/mol. The zero-order valence-electron chi connectivity index (χ0n) is 17.7. The summed E-state index contributed by atoms with van der Waals surface area (Å²) >= 11 is 5.48. The molecular formula is C23H27N3O4S. The topological polar surface area (TPSA) is 85.4 Å². The Kier molecular flexibility index (Phi) is 8.11. The van der Waals surface area contributed by atoms with Gasteiger partial charge in [0.15, 0.2) is 11.1 Å². The van der Waals surface area contributed by atoms with Gasteiger partial charge >= 0.3 is 0 Å². The molecule has 0 radical (unpaired) electrons. The molecule has 3 rings (SSSR count). The van der Waals surface area contributed by atoms with E-state index in [1.165, 1.54) is 4.57 Å². The molecule has 2 aromatic carbocycles. The Morgan fingerprint density at radius 1 is 1.06 bits per heavy atom. The summed E-state index contributed by atoms with van der Waals surface area (Å²) in [6.45, 7) is 4.82. The van der Waals surface area contributed by atoms with Crippen LogP contribution in [-0.4, -0.2) is 41.5 Å².